The number of carboxylic acid groups (broad SMARTS) is 1. The van der Waals surface area contributed by atoms with Crippen molar-refractivity contribution in [2.45, 2.75) is 59.0 Å². The molecule has 0 aliphatic heterocycles. The van der Waals surface area contributed by atoms with E-state index in [4.69, 9.17) is 0 Å². The molecule has 0 bridgehead atoms. The molecule has 1 N–H and O–H groups in total. The van der Waals surface area contributed by atoms with Gasteiger partial charge >= 0.3 is 0 Å². The van der Waals surface area contributed by atoms with Crippen molar-refractivity contribution in [3.05, 3.63) is 36.0 Å². The van der Waals surface area contributed by atoms with Crippen molar-refractivity contribution < 1.29 is 24.6 Å². The summed E-state index contributed by atoms with van der Waals surface area (Å²) in [6.07, 6.45) is 7.33. The fourth-order valence-corrected chi connectivity index (χ4v) is 7.44. The zero-order valence-corrected chi connectivity index (χ0v) is 17.4. The highest BCUT2D eigenvalue weighted by atomic mass is 16.4. The molecule has 5 heteroatoms. The molecule has 0 heterocycles. The van der Waals surface area contributed by atoms with Crippen LogP contribution in [0.1, 0.15) is 52.9 Å². The molecule has 156 valence electrons. The van der Waals surface area contributed by atoms with Crippen molar-refractivity contribution in [1.29, 1.82) is 0 Å². The lowest BCUT2D eigenvalue weighted by molar-refractivity contribution is -0.309. The molecule has 0 unspecified atom stereocenters. The Labute approximate surface area is 171 Å². The number of Topliss-reactive ketones (excluding diaryl/α,β-unsaturated/α-hetero) is 1. The zero-order chi connectivity index (χ0) is 21.4. The summed E-state index contributed by atoms with van der Waals surface area (Å²) in [4.78, 5) is 36.5. The number of aliphatic carboxylic acids is 1. The molecule has 2 fully saturated rings. The number of hydrogen-bond donors (Lipinski definition) is 1. The molecule has 0 aromatic carbocycles. The van der Waals surface area contributed by atoms with Crippen LogP contribution in [0.2, 0.25) is 0 Å². The lowest BCUT2D eigenvalue weighted by Crippen LogP contribution is -2.57. The van der Waals surface area contributed by atoms with Gasteiger partial charge in [0.2, 0.25) is 0 Å². The van der Waals surface area contributed by atoms with E-state index in [1.165, 1.54) is 6.92 Å². The molecule has 0 aromatic rings. The van der Waals surface area contributed by atoms with Gasteiger partial charge in [0, 0.05) is 28.8 Å². The van der Waals surface area contributed by atoms with Gasteiger partial charge in [0.15, 0.2) is 5.78 Å². The third-order valence-corrected chi connectivity index (χ3v) is 9.21. The second kappa shape index (κ2) is 6.24. The van der Waals surface area contributed by atoms with Crippen molar-refractivity contribution >= 4 is 17.5 Å². The minimum atomic E-state index is -1.17. The quantitative estimate of drug-likeness (QED) is 0.737. The highest BCUT2D eigenvalue weighted by Crippen LogP contribution is 2.69. The fraction of sp³-hybridized carbons (Fsp3) is 0.625. The van der Waals surface area contributed by atoms with Crippen LogP contribution in [0.4, 0.5) is 0 Å². The number of aliphatic hydroxyl groups is 1. The van der Waals surface area contributed by atoms with Crippen LogP contribution in [0.25, 0.3) is 0 Å². The number of carbonyl (C=O) groups is 3. The largest absolute Gasteiger partial charge is 0.550 e. The maximum Gasteiger partial charge on any atom is 0.184 e. The summed E-state index contributed by atoms with van der Waals surface area (Å²) < 4.78 is 0. The first-order valence-corrected chi connectivity index (χ1v) is 10.5. The number of hydrogen-bond acceptors (Lipinski definition) is 5. The van der Waals surface area contributed by atoms with Crippen LogP contribution < -0.4 is 5.11 Å². The van der Waals surface area contributed by atoms with E-state index in [0.717, 1.165) is 24.8 Å². The molecule has 0 saturated heterocycles. The van der Waals surface area contributed by atoms with Crippen molar-refractivity contribution in [1.82, 2.24) is 0 Å². The third-order valence-electron chi connectivity index (χ3n) is 9.21. The van der Waals surface area contributed by atoms with Crippen LogP contribution in [-0.4, -0.2) is 28.7 Å². The summed E-state index contributed by atoms with van der Waals surface area (Å²) in [7, 11) is 0. The van der Waals surface area contributed by atoms with Crippen molar-refractivity contribution in [2.24, 2.45) is 34.0 Å². The van der Waals surface area contributed by atoms with Gasteiger partial charge < -0.3 is 15.0 Å². The monoisotopic (exact) mass is 397 g/mol. The first-order chi connectivity index (χ1) is 13.5. The Hall–Kier alpha value is -2.01. The fourth-order valence-electron chi connectivity index (χ4n) is 7.44. The van der Waals surface area contributed by atoms with E-state index < -0.39 is 28.3 Å². The summed E-state index contributed by atoms with van der Waals surface area (Å²) in [5, 5.41) is 22.6. The normalized spacial score (nSPS) is 45.9. The third kappa shape index (κ3) is 2.40. The van der Waals surface area contributed by atoms with Crippen LogP contribution in [0, 0.1) is 34.0 Å². The van der Waals surface area contributed by atoms with Crippen LogP contribution in [0.3, 0.4) is 0 Å². The Bertz CT molecular complexity index is 882. The maximum atomic E-state index is 12.7. The predicted molar refractivity (Wildman–Crippen MR) is 105 cm³/mol. The summed E-state index contributed by atoms with van der Waals surface area (Å²) in [6.45, 7) is 9.43. The number of ketones is 2. The van der Waals surface area contributed by atoms with Gasteiger partial charge in [-0.15, -0.1) is 0 Å². The Kier molecular flexibility index (Phi) is 4.36. The van der Waals surface area contributed by atoms with E-state index in [1.807, 2.05) is 13.0 Å². The van der Waals surface area contributed by atoms with E-state index in [9.17, 15) is 24.6 Å². The van der Waals surface area contributed by atoms with E-state index in [-0.39, 0.29) is 41.3 Å². The Balaban J connectivity index is 1.79. The van der Waals surface area contributed by atoms with Gasteiger partial charge in [-0.05, 0) is 67.4 Å². The number of carboxylic acids is 1. The van der Waals surface area contributed by atoms with Crippen molar-refractivity contribution in [3.63, 3.8) is 0 Å². The van der Waals surface area contributed by atoms with Gasteiger partial charge in [-0.2, -0.15) is 0 Å². The van der Waals surface area contributed by atoms with Crippen LogP contribution in [0.15, 0.2) is 36.0 Å². The first-order valence-electron chi connectivity index (χ1n) is 10.5. The van der Waals surface area contributed by atoms with E-state index >= 15 is 0 Å². The van der Waals surface area contributed by atoms with Gasteiger partial charge in [0.1, 0.15) is 5.78 Å². The standard InChI is InChI=1S/C24H30O5/c1-13-19(26)11-15-5-6-16-17-8-10-24(14(2)25,12-20(27)28)22(17,3)9-7-18(16)23(15,4)21(13)29/h5-6,11,16-18,21,29H,1,7-10,12H2,2-4H3,(H,27,28)/p-1/t16-,17-,18-,21-,22-,23-,24+/m0/s1. The molecule has 4 aliphatic rings. The lowest BCUT2D eigenvalue weighted by Gasteiger charge is -2.59. The predicted octanol–water partition coefficient (Wildman–Crippen LogP) is 2.15. The Morgan fingerprint density at radius 2 is 1.90 bits per heavy atom. The van der Waals surface area contributed by atoms with E-state index in [1.54, 1.807) is 6.08 Å². The first kappa shape index (κ1) is 20.3. The van der Waals surface area contributed by atoms with Gasteiger partial charge in [-0.3, -0.25) is 9.59 Å². The minimum absolute atomic E-state index is 0.0617. The van der Waals surface area contributed by atoms with E-state index in [0.29, 0.717) is 6.42 Å². The molecule has 29 heavy (non-hydrogen) atoms. The number of carbonyl (C=O) groups excluding carboxylic acids is 3. The average molecular weight is 397 g/mol. The van der Waals surface area contributed by atoms with Gasteiger partial charge in [0.05, 0.1) is 6.10 Å². The maximum absolute atomic E-state index is 12.7. The van der Waals surface area contributed by atoms with E-state index in [2.05, 4.69) is 19.6 Å². The number of rotatable bonds is 3. The summed E-state index contributed by atoms with van der Waals surface area (Å²) in [6, 6.07) is 0. The Morgan fingerprint density at radius 3 is 2.52 bits per heavy atom. The zero-order valence-electron chi connectivity index (χ0n) is 17.4. The molecular formula is C24H29O5-. The molecule has 0 radical (unpaired) electrons. The summed E-state index contributed by atoms with van der Waals surface area (Å²) in [5.74, 6) is -1.07. The van der Waals surface area contributed by atoms with Gasteiger partial charge in [0.25, 0.3) is 0 Å². The molecule has 0 spiro atoms. The molecule has 2 saturated carbocycles. The lowest BCUT2D eigenvalue weighted by atomic mass is 9.45. The molecule has 5 nitrogen and oxygen atoms in total. The van der Waals surface area contributed by atoms with Crippen LogP contribution in [0.5, 0.6) is 0 Å². The average Bonchev–Trinajstić information content (AvgIpc) is 2.94. The number of fused-ring (bicyclic) bond motifs is 5. The second-order valence-corrected chi connectivity index (χ2v) is 10.0. The van der Waals surface area contributed by atoms with Crippen LogP contribution >= 0.6 is 0 Å². The summed E-state index contributed by atoms with van der Waals surface area (Å²) >= 11 is 0. The molecule has 0 aromatic heterocycles. The van der Waals surface area contributed by atoms with Crippen LogP contribution in [-0.2, 0) is 14.4 Å². The molecular weight excluding hydrogens is 368 g/mol. The van der Waals surface area contributed by atoms with Crippen molar-refractivity contribution in [3.8, 4) is 0 Å². The van der Waals surface area contributed by atoms with Crippen molar-refractivity contribution in [2.75, 3.05) is 0 Å². The molecule has 0 amide bonds. The highest BCUT2D eigenvalue weighted by molar-refractivity contribution is 6.06. The SMILES string of the molecule is C=C1C(=O)C=C2C=C[C@@H]3[C@H](CC[C@@]4(C)[C@H]3CC[C@@]4(CC(=O)[O-])C(C)=O)[C@@]2(C)[C@H]1O. The summed E-state index contributed by atoms with van der Waals surface area (Å²) in [5.41, 5.74) is -0.828. The van der Waals surface area contributed by atoms with Gasteiger partial charge in [-0.25, -0.2) is 0 Å². The Morgan fingerprint density at radius 1 is 1.24 bits per heavy atom. The number of aliphatic hydroxyl groups excluding tert-OH is 1. The molecule has 4 rings (SSSR count). The molecule has 7 atom stereocenters. The topological polar surface area (TPSA) is 94.5 Å². The molecule has 4 aliphatic carbocycles. The number of allylic oxidation sites excluding steroid dienone is 3. The highest BCUT2D eigenvalue weighted by Gasteiger charge is 2.66. The van der Waals surface area contributed by atoms with Gasteiger partial charge in [-0.1, -0.05) is 32.6 Å². The second-order valence-electron chi connectivity index (χ2n) is 10.0. The smallest absolute Gasteiger partial charge is 0.184 e. The minimum Gasteiger partial charge on any atom is -0.550 e.